The first kappa shape index (κ1) is 30.3. The summed E-state index contributed by atoms with van der Waals surface area (Å²) in [6, 6.07) is 18.9. The summed E-state index contributed by atoms with van der Waals surface area (Å²) >= 11 is 0. The molecular weight excluding hydrogens is 542 g/mol. The Morgan fingerprint density at radius 2 is 1.78 bits per heavy atom. The molecule has 0 N–H and O–H groups in total. The zero-order valence-corrected chi connectivity index (χ0v) is 24.9. The van der Waals surface area contributed by atoms with E-state index >= 15 is 0 Å². The lowest BCUT2D eigenvalue weighted by Gasteiger charge is -2.31. The lowest BCUT2D eigenvalue weighted by Crippen LogP contribution is -2.40. The Hall–Kier alpha value is -3.68. The Morgan fingerprint density at radius 3 is 2.44 bits per heavy atom. The molecule has 0 unspecified atom stereocenters. The molecule has 0 fully saturated rings. The molecule has 0 aliphatic heterocycles. The molecule has 1 heterocycles. The van der Waals surface area contributed by atoms with Crippen molar-refractivity contribution in [2.45, 2.75) is 58.7 Å². The second-order valence-corrected chi connectivity index (χ2v) is 13.3. The van der Waals surface area contributed by atoms with Crippen molar-refractivity contribution in [2.75, 3.05) is 26.0 Å². The molecule has 1 aliphatic carbocycles. The van der Waals surface area contributed by atoms with Gasteiger partial charge in [-0.2, -0.15) is 5.26 Å². The number of rotatable bonds is 10. The van der Waals surface area contributed by atoms with Crippen LogP contribution in [0.15, 0.2) is 54.6 Å². The van der Waals surface area contributed by atoms with Gasteiger partial charge in [0.15, 0.2) is 5.78 Å². The molecule has 0 saturated heterocycles. The SMILES string of the molecule is CC(C)(C)OC(=O)N(CCC[C@@]1(C#N)CCc2c(c3ccccc3n2S(C)(=O)=O)C1=O)CCOCc1ccccc1. The van der Waals surface area contributed by atoms with Crippen LogP contribution in [0.3, 0.4) is 0 Å². The molecular formula is C31H37N3O6S. The fourth-order valence-corrected chi connectivity index (χ4v) is 6.44. The number of nitrogens with zero attached hydrogens (tertiary/aromatic N) is 3. The number of para-hydroxylation sites is 1. The van der Waals surface area contributed by atoms with Crippen LogP contribution < -0.4 is 0 Å². The smallest absolute Gasteiger partial charge is 0.410 e. The van der Waals surface area contributed by atoms with Crippen molar-refractivity contribution in [1.82, 2.24) is 8.87 Å². The number of Topliss-reactive ketones (excluding diaryl/α,β-unsaturated/α-hetero) is 1. The first-order chi connectivity index (χ1) is 19.4. The van der Waals surface area contributed by atoms with Crippen LogP contribution in [0.25, 0.3) is 10.9 Å². The van der Waals surface area contributed by atoms with E-state index in [-0.39, 0.29) is 31.6 Å². The monoisotopic (exact) mass is 579 g/mol. The van der Waals surface area contributed by atoms with Gasteiger partial charge in [-0.25, -0.2) is 17.2 Å². The van der Waals surface area contributed by atoms with Gasteiger partial charge in [0.1, 0.15) is 11.0 Å². The van der Waals surface area contributed by atoms with Crippen LogP contribution >= 0.6 is 0 Å². The molecule has 218 valence electrons. The fourth-order valence-electron chi connectivity index (χ4n) is 5.34. The third-order valence-electron chi connectivity index (χ3n) is 7.22. The van der Waals surface area contributed by atoms with Crippen LogP contribution in [0.5, 0.6) is 0 Å². The number of hydrogen-bond donors (Lipinski definition) is 0. The highest BCUT2D eigenvalue weighted by atomic mass is 32.2. The molecule has 0 radical (unpaired) electrons. The Labute approximate surface area is 241 Å². The molecule has 4 rings (SSSR count). The number of ketones is 1. The molecule has 0 saturated carbocycles. The molecule has 1 aliphatic rings. The molecule has 0 bridgehead atoms. The quantitative estimate of drug-likeness (QED) is 0.298. The number of hydrogen-bond acceptors (Lipinski definition) is 7. The molecule has 1 aromatic heterocycles. The van der Waals surface area contributed by atoms with Crippen LogP contribution in [-0.2, 0) is 32.5 Å². The van der Waals surface area contributed by atoms with Crippen molar-refractivity contribution < 1.29 is 27.5 Å². The number of amides is 1. The van der Waals surface area contributed by atoms with Gasteiger partial charge in [-0.05, 0) is 58.1 Å². The van der Waals surface area contributed by atoms with Crippen LogP contribution in [0, 0.1) is 16.7 Å². The summed E-state index contributed by atoms with van der Waals surface area (Å²) in [7, 11) is -3.67. The Morgan fingerprint density at radius 1 is 1.10 bits per heavy atom. The second-order valence-electron chi connectivity index (χ2n) is 11.5. The van der Waals surface area contributed by atoms with E-state index in [4.69, 9.17) is 9.47 Å². The van der Waals surface area contributed by atoms with Gasteiger partial charge in [0, 0.05) is 29.7 Å². The van der Waals surface area contributed by atoms with Gasteiger partial charge in [0.25, 0.3) is 0 Å². The van der Waals surface area contributed by atoms with Gasteiger partial charge in [0.2, 0.25) is 10.0 Å². The Bertz CT molecular complexity index is 1570. The van der Waals surface area contributed by atoms with Gasteiger partial charge >= 0.3 is 6.09 Å². The topological polar surface area (TPSA) is 119 Å². The predicted octanol–water partition coefficient (Wildman–Crippen LogP) is 5.32. The molecule has 9 nitrogen and oxygen atoms in total. The highest BCUT2D eigenvalue weighted by molar-refractivity contribution is 7.89. The number of carbonyl (C=O) groups excluding carboxylic acids is 2. The molecule has 41 heavy (non-hydrogen) atoms. The maximum Gasteiger partial charge on any atom is 0.410 e. The van der Waals surface area contributed by atoms with E-state index in [0.29, 0.717) is 48.3 Å². The lowest BCUT2D eigenvalue weighted by atomic mass is 9.70. The number of fused-ring (bicyclic) bond motifs is 3. The minimum atomic E-state index is -3.67. The maximum absolute atomic E-state index is 13.9. The predicted molar refractivity (Wildman–Crippen MR) is 156 cm³/mol. The number of ether oxygens (including phenoxy) is 2. The van der Waals surface area contributed by atoms with E-state index in [0.717, 1.165) is 11.8 Å². The number of carbonyl (C=O) groups is 2. The summed E-state index contributed by atoms with van der Waals surface area (Å²) in [6.45, 7) is 6.67. The van der Waals surface area contributed by atoms with Gasteiger partial charge in [0.05, 0.1) is 31.1 Å². The lowest BCUT2D eigenvalue weighted by molar-refractivity contribution is 0.0157. The summed E-state index contributed by atoms with van der Waals surface area (Å²) < 4.78 is 37.9. The van der Waals surface area contributed by atoms with Crippen molar-refractivity contribution in [2.24, 2.45) is 5.41 Å². The van der Waals surface area contributed by atoms with Crippen LogP contribution in [0.1, 0.15) is 61.6 Å². The number of nitriles is 1. The van der Waals surface area contributed by atoms with Gasteiger partial charge in [-0.3, -0.25) is 4.79 Å². The highest BCUT2D eigenvalue weighted by Crippen LogP contribution is 2.43. The third-order valence-corrected chi connectivity index (χ3v) is 8.30. The average molecular weight is 580 g/mol. The molecule has 3 aromatic rings. The normalized spacial score (nSPS) is 17.2. The Balaban J connectivity index is 1.49. The molecule has 10 heteroatoms. The third kappa shape index (κ3) is 6.80. The first-order valence-corrected chi connectivity index (χ1v) is 15.6. The van der Waals surface area contributed by atoms with E-state index in [2.05, 4.69) is 6.07 Å². The van der Waals surface area contributed by atoms with E-state index in [1.54, 1.807) is 49.9 Å². The summed E-state index contributed by atoms with van der Waals surface area (Å²) in [5.41, 5.74) is 0.196. The van der Waals surface area contributed by atoms with Gasteiger partial charge in [-0.15, -0.1) is 0 Å². The second kappa shape index (κ2) is 12.0. The fraction of sp³-hybridized carbons (Fsp3) is 0.452. The highest BCUT2D eigenvalue weighted by Gasteiger charge is 2.46. The number of benzene rings is 2. The molecule has 2 aromatic carbocycles. The summed E-state index contributed by atoms with van der Waals surface area (Å²) in [6.07, 6.45) is 1.72. The van der Waals surface area contributed by atoms with E-state index in [1.807, 2.05) is 30.3 Å². The summed E-state index contributed by atoms with van der Waals surface area (Å²) in [5, 5.41) is 10.8. The first-order valence-electron chi connectivity index (χ1n) is 13.7. The maximum atomic E-state index is 13.9. The average Bonchev–Trinajstić information content (AvgIpc) is 3.26. The van der Waals surface area contributed by atoms with E-state index in [1.165, 1.54) is 3.97 Å². The molecule has 1 amide bonds. The van der Waals surface area contributed by atoms with E-state index < -0.39 is 27.1 Å². The van der Waals surface area contributed by atoms with Crippen LogP contribution in [0.2, 0.25) is 0 Å². The zero-order chi connectivity index (χ0) is 29.8. The standard InChI is InChI=1S/C31H37N3O6S/c1-30(2,3)40-29(36)33(19-20-39-21-23-11-6-5-7-12-23)18-10-16-31(22-32)17-15-26-27(28(31)35)24-13-8-9-14-25(24)34(26)41(4,37)38/h5-9,11-14H,10,15-21H2,1-4H3/t31-/m0/s1. The van der Waals surface area contributed by atoms with Crippen LogP contribution in [0.4, 0.5) is 4.79 Å². The summed E-state index contributed by atoms with van der Waals surface area (Å²) in [4.78, 5) is 28.4. The van der Waals surface area contributed by atoms with Gasteiger partial charge in [-0.1, -0.05) is 48.5 Å². The van der Waals surface area contributed by atoms with Crippen LogP contribution in [-0.4, -0.2) is 60.7 Å². The van der Waals surface area contributed by atoms with Gasteiger partial charge < -0.3 is 14.4 Å². The van der Waals surface area contributed by atoms with E-state index in [9.17, 15) is 23.3 Å². The van der Waals surface area contributed by atoms with Crippen molar-refractivity contribution in [3.05, 3.63) is 71.4 Å². The van der Waals surface area contributed by atoms with Crippen molar-refractivity contribution in [1.29, 1.82) is 5.26 Å². The van der Waals surface area contributed by atoms with Crippen molar-refractivity contribution in [3.63, 3.8) is 0 Å². The van der Waals surface area contributed by atoms with Crippen molar-refractivity contribution in [3.8, 4) is 6.07 Å². The minimum Gasteiger partial charge on any atom is -0.444 e. The van der Waals surface area contributed by atoms with Crippen molar-refractivity contribution >= 4 is 32.8 Å². The largest absolute Gasteiger partial charge is 0.444 e. The minimum absolute atomic E-state index is 0.202. The molecule has 0 spiro atoms. The number of aromatic nitrogens is 1. The zero-order valence-electron chi connectivity index (χ0n) is 24.1. The molecule has 1 atom stereocenters. The Kier molecular flexibility index (Phi) is 8.90. The summed E-state index contributed by atoms with van der Waals surface area (Å²) in [5.74, 6) is -0.366.